The number of carbonyl (C=O) groups excluding carboxylic acids is 1. The maximum absolute atomic E-state index is 11.6. The van der Waals surface area contributed by atoms with Crippen LogP contribution in [0.25, 0.3) is 10.8 Å². The van der Waals surface area contributed by atoms with Gasteiger partial charge in [0.1, 0.15) is 6.26 Å². The molecule has 0 spiro atoms. The van der Waals surface area contributed by atoms with E-state index < -0.39 is 0 Å². The first-order chi connectivity index (χ1) is 10.2. The molecule has 0 bridgehead atoms. The van der Waals surface area contributed by atoms with Crippen LogP contribution < -0.4 is 5.32 Å². The molecule has 3 aromatic rings. The van der Waals surface area contributed by atoms with Gasteiger partial charge in [0.05, 0.1) is 17.1 Å². The molecule has 0 radical (unpaired) electrons. The van der Waals surface area contributed by atoms with Crippen molar-refractivity contribution in [3.05, 3.63) is 59.3 Å². The number of hydrogen-bond donors (Lipinski definition) is 1. The maximum Gasteiger partial charge on any atom is 0.236 e. The lowest BCUT2D eigenvalue weighted by Crippen LogP contribution is -2.04. The molecule has 1 N–H and O–H groups in total. The summed E-state index contributed by atoms with van der Waals surface area (Å²) in [5.74, 6) is 0.666. The quantitative estimate of drug-likeness (QED) is 0.717. The average Bonchev–Trinajstić information content (AvgIpc) is 3.16. The third-order valence-electron chi connectivity index (χ3n) is 3.05. The van der Waals surface area contributed by atoms with Crippen molar-refractivity contribution >= 4 is 22.8 Å². The Bertz CT molecular complexity index is 747. The second-order valence-electron chi connectivity index (χ2n) is 4.58. The van der Waals surface area contributed by atoms with Gasteiger partial charge in [-0.1, -0.05) is 18.2 Å². The monoisotopic (exact) mass is 298 g/mol. The number of thiophene rings is 1. The number of ketones is 1. The van der Waals surface area contributed by atoms with Crippen LogP contribution in [0.1, 0.15) is 23.0 Å². The van der Waals surface area contributed by atoms with E-state index in [4.69, 9.17) is 4.42 Å². The number of oxazole rings is 1. The Morgan fingerprint density at radius 1 is 1.29 bits per heavy atom. The molecule has 0 fully saturated rings. The zero-order valence-corrected chi connectivity index (χ0v) is 12.3. The van der Waals surface area contributed by atoms with Crippen LogP contribution in [0.2, 0.25) is 0 Å². The third kappa shape index (κ3) is 3.03. The summed E-state index contributed by atoms with van der Waals surface area (Å²) in [7, 11) is 0. The Kier molecular flexibility index (Phi) is 3.83. The van der Waals surface area contributed by atoms with Gasteiger partial charge < -0.3 is 9.73 Å². The molecular weight excluding hydrogens is 284 g/mol. The summed E-state index contributed by atoms with van der Waals surface area (Å²) in [5.41, 5.74) is 2.29. The van der Waals surface area contributed by atoms with Crippen molar-refractivity contribution in [3.63, 3.8) is 0 Å². The minimum absolute atomic E-state index is 0.0394. The standard InChI is InChI=1S/C16H14N2O2S/c1-11(19)13-5-2-3-6-14(13)17-9-12-10-20-16(18-12)15-7-4-8-21-15/h2-8,10,17H,9H2,1H3. The molecule has 4 nitrogen and oxygen atoms in total. The van der Waals surface area contributed by atoms with Gasteiger partial charge in [0, 0.05) is 11.3 Å². The first kappa shape index (κ1) is 13.6. The predicted molar refractivity (Wildman–Crippen MR) is 83.6 cm³/mol. The smallest absolute Gasteiger partial charge is 0.236 e. The maximum atomic E-state index is 11.6. The molecule has 2 aromatic heterocycles. The number of benzene rings is 1. The number of nitrogens with zero attached hydrogens (tertiary/aromatic N) is 1. The molecule has 1 aromatic carbocycles. The van der Waals surface area contributed by atoms with Crippen LogP contribution in [-0.2, 0) is 6.54 Å². The van der Waals surface area contributed by atoms with Gasteiger partial charge in [-0.05, 0) is 30.5 Å². The van der Waals surface area contributed by atoms with Crippen LogP contribution in [-0.4, -0.2) is 10.8 Å². The zero-order valence-electron chi connectivity index (χ0n) is 11.5. The largest absolute Gasteiger partial charge is 0.443 e. The van der Waals surface area contributed by atoms with E-state index in [-0.39, 0.29) is 5.78 Å². The van der Waals surface area contributed by atoms with Crippen molar-refractivity contribution in [2.24, 2.45) is 0 Å². The van der Waals surface area contributed by atoms with Gasteiger partial charge in [-0.25, -0.2) is 4.98 Å². The van der Waals surface area contributed by atoms with Crippen molar-refractivity contribution < 1.29 is 9.21 Å². The highest BCUT2D eigenvalue weighted by Gasteiger charge is 2.09. The van der Waals surface area contributed by atoms with E-state index >= 15 is 0 Å². The van der Waals surface area contributed by atoms with Crippen LogP contribution in [0.3, 0.4) is 0 Å². The summed E-state index contributed by atoms with van der Waals surface area (Å²) in [5, 5.41) is 5.22. The average molecular weight is 298 g/mol. The van der Waals surface area contributed by atoms with Crippen molar-refractivity contribution in [1.29, 1.82) is 0 Å². The highest BCUT2D eigenvalue weighted by atomic mass is 32.1. The number of rotatable bonds is 5. The van der Waals surface area contributed by atoms with Gasteiger partial charge in [0.2, 0.25) is 5.89 Å². The van der Waals surface area contributed by atoms with Gasteiger partial charge in [-0.3, -0.25) is 4.79 Å². The number of carbonyl (C=O) groups is 1. The molecule has 0 saturated carbocycles. The second kappa shape index (κ2) is 5.93. The molecule has 0 unspecified atom stereocenters. The molecule has 0 atom stereocenters. The number of para-hydroxylation sites is 1. The van der Waals surface area contributed by atoms with Crippen molar-refractivity contribution in [2.75, 3.05) is 5.32 Å². The molecule has 0 saturated heterocycles. The summed E-state index contributed by atoms with van der Waals surface area (Å²) in [6.07, 6.45) is 1.64. The highest BCUT2D eigenvalue weighted by Crippen LogP contribution is 2.24. The van der Waals surface area contributed by atoms with Gasteiger partial charge >= 0.3 is 0 Å². The van der Waals surface area contributed by atoms with Crippen molar-refractivity contribution in [1.82, 2.24) is 4.98 Å². The van der Waals surface area contributed by atoms with Gasteiger partial charge in [0.25, 0.3) is 0 Å². The number of aromatic nitrogens is 1. The van der Waals surface area contributed by atoms with Crippen molar-refractivity contribution in [2.45, 2.75) is 13.5 Å². The fraction of sp³-hybridized carbons (Fsp3) is 0.125. The van der Waals surface area contributed by atoms with Crippen LogP contribution in [0.15, 0.2) is 52.5 Å². The number of Topliss-reactive ketones (excluding diaryl/α,β-unsaturated/α-hetero) is 1. The van der Waals surface area contributed by atoms with E-state index in [1.165, 1.54) is 0 Å². The molecule has 0 aliphatic heterocycles. The first-order valence-corrected chi connectivity index (χ1v) is 7.44. The minimum atomic E-state index is 0.0394. The molecular formula is C16H14N2O2S. The summed E-state index contributed by atoms with van der Waals surface area (Å²) in [6.45, 7) is 2.07. The highest BCUT2D eigenvalue weighted by molar-refractivity contribution is 7.13. The third-order valence-corrected chi connectivity index (χ3v) is 3.91. The van der Waals surface area contributed by atoms with E-state index in [1.807, 2.05) is 41.8 Å². The van der Waals surface area contributed by atoms with Gasteiger partial charge in [-0.15, -0.1) is 11.3 Å². The topological polar surface area (TPSA) is 55.1 Å². The predicted octanol–water partition coefficient (Wildman–Crippen LogP) is 4.22. The van der Waals surface area contributed by atoms with E-state index in [1.54, 1.807) is 24.5 Å². The number of anilines is 1. The summed E-state index contributed by atoms with van der Waals surface area (Å²) < 4.78 is 5.47. The Balaban J connectivity index is 1.73. The molecule has 5 heteroatoms. The van der Waals surface area contributed by atoms with Crippen LogP contribution >= 0.6 is 11.3 Å². The Hall–Kier alpha value is -2.40. The fourth-order valence-electron chi connectivity index (χ4n) is 2.03. The van der Waals surface area contributed by atoms with E-state index in [0.717, 1.165) is 16.3 Å². The van der Waals surface area contributed by atoms with Crippen molar-refractivity contribution in [3.8, 4) is 10.8 Å². The Labute approximate surface area is 126 Å². The Morgan fingerprint density at radius 2 is 2.14 bits per heavy atom. The first-order valence-electron chi connectivity index (χ1n) is 6.56. The van der Waals surface area contributed by atoms with E-state index in [9.17, 15) is 4.79 Å². The molecule has 2 heterocycles. The number of hydrogen-bond acceptors (Lipinski definition) is 5. The lowest BCUT2D eigenvalue weighted by Gasteiger charge is -2.08. The van der Waals surface area contributed by atoms with Gasteiger partial charge in [0.15, 0.2) is 5.78 Å². The molecule has 3 rings (SSSR count). The van der Waals surface area contributed by atoms with Crippen LogP contribution in [0.5, 0.6) is 0 Å². The zero-order chi connectivity index (χ0) is 14.7. The molecule has 21 heavy (non-hydrogen) atoms. The lowest BCUT2D eigenvalue weighted by atomic mass is 10.1. The molecule has 106 valence electrons. The van der Waals surface area contributed by atoms with E-state index in [0.29, 0.717) is 18.0 Å². The summed E-state index contributed by atoms with van der Waals surface area (Å²) in [4.78, 5) is 17.0. The summed E-state index contributed by atoms with van der Waals surface area (Å²) >= 11 is 1.59. The molecule has 0 aliphatic carbocycles. The summed E-state index contributed by atoms with van der Waals surface area (Å²) in [6, 6.07) is 11.4. The molecule has 0 aliphatic rings. The van der Waals surface area contributed by atoms with E-state index in [2.05, 4.69) is 10.3 Å². The minimum Gasteiger partial charge on any atom is -0.443 e. The Morgan fingerprint density at radius 3 is 2.90 bits per heavy atom. The van der Waals surface area contributed by atoms with Crippen LogP contribution in [0, 0.1) is 0 Å². The lowest BCUT2D eigenvalue weighted by molar-refractivity contribution is 0.101. The second-order valence-corrected chi connectivity index (χ2v) is 5.52. The fourth-order valence-corrected chi connectivity index (χ4v) is 2.69. The molecule has 0 amide bonds. The normalized spacial score (nSPS) is 10.5. The number of nitrogens with one attached hydrogen (secondary N) is 1. The SMILES string of the molecule is CC(=O)c1ccccc1NCc1coc(-c2cccs2)n1. The van der Waals surface area contributed by atoms with Gasteiger partial charge in [-0.2, -0.15) is 0 Å². The van der Waals surface area contributed by atoms with Crippen LogP contribution in [0.4, 0.5) is 5.69 Å².